The minimum absolute atomic E-state index is 0.0129. The lowest BCUT2D eigenvalue weighted by Gasteiger charge is -2.24. The van der Waals surface area contributed by atoms with E-state index >= 15 is 0 Å². The van der Waals surface area contributed by atoms with Gasteiger partial charge in [-0.2, -0.15) is 0 Å². The second-order valence-corrected chi connectivity index (χ2v) is 3.61. The fraction of sp³-hybridized carbons (Fsp3) is 0.889. The fourth-order valence-corrected chi connectivity index (χ4v) is 0.510. The van der Waals surface area contributed by atoms with Gasteiger partial charge in [-0.25, -0.2) is 9.78 Å². The van der Waals surface area contributed by atoms with Gasteiger partial charge in [0, 0.05) is 11.4 Å². The standard InChI is InChI=1S/C9H18O4/c1-4-5-6-12-13-7-9(2,3)8(10)11/h4-7H2,1-3H3,(H,10,11)/p-1. The molecule has 0 saturated carbocycles. The average Bonchev–Trinajstić information content (AvgIpc) is 2.03. The molecule has 0 saturated heterocycles. The Morgan fingerprint density at radius 3 is 2.46 bits per heavy atom. The quantitative estimate of drug-likeness (QED) is 0.332. The summed E-state index contributed by atoms with van der Waals surface area (Å²) >= 11 is 0. The minimum atomic E-state index is -1.13. The number of hydrogen-bond acceptors (Lipinski definition) is 4. The van der Waals surface area contributed by atoms with E-state index in [9.17, 15) is 9.90 Å². The summed E-state index contributed by atoms with van der Waals surface area (Å²) in [6.45, 7) is 5.62. The number of aliphatic carboxylic acids is 1. The van der Waals surface area contributed by atoms with Crippen LogP contribution in [0.5, 0.6) is 0 Å². The Labute approximate surface area is 78.8 Å². The first-order chi connectivity index (χ1) is 6.00. The van der Waals surface area contributed by atoms with Crippen molar-refractivity contribution in [3.05, 3.63) is 0 Å². The van der Waals surface area contributed by atoms with Crippen LogP contribution in [0.3, 0.4) is 0 Å². The van der Waals surface area contributed by atoms with E-state index in [1.54, 1.807) is 0 Å². The Morgan fingerprint density at radius 1 is 1.38 bits per heavy atom. The van der Waals surface area contributed by atoms with Crippen molar-refractivity contribution in [2.24, 2.45) is 5.41 Å². The SMILES string of the molecule is CCCCOOCC(C)(C)C(=O)[O-]. The number of unbranched alkanes of at least 4 members (excludes halogenated alkanes) is 1. The third-order valence-electron chi connectivity index (χ3n) is 1.64. The molecule has 4 heteroatoms. The third kappa shape index (κ3) is 5.60. The van der Waals surface area contributed by atoms with E-state index in [-0.39, 0.29) is 6.61 Å². The van der Waals surface area contributed by atoms with Crippen LogP contribution in [0, 0.1) is 5.41 Å². The zero-order valence-corrected chi connectivity index (χ0v) is 8.46. The molecule has 0 aromatic heterocycles. The lowest BCUT2D eigenvalue weighted by atomic mass is 9.96. The molecule has 0 atom stereocenters. The van der Waals surface area contributed by atoms with Gasteiger partial charge in [-0.05, 0) is 6.42 Å². The van der Waals surface area contributed by atoms with Gasteiger partial charge >= 0.3 is 0 Å². The predicted octanol–water partition coefficient (Wildman–Crippen LogP) is 0.511. The summed E-state index contributed by atoms with van der Waals surface area (Å²) in [5.41, 5.74) is -0.994. The summed E-state index contributed by atoms with van der Waals surface area (Å²) in [5.74, 6) is -1.13. The first-order valence-electron chi connectivity index (χ1n) is 4.46. The van der Waals surface area contributed by atoms with E-state index in [0.29, 0.717) is 6.61 Å². The molecule has 0 bridgehead atoms. The van der Waals surface area contributed by atoms with Crippen LogP contribution in [-0.4, -0.2) is 19.2 Å². The Balaban J connectivity index is 3.46. The summed E-state index contributed by atoms with van der Waals surface area (Å²) in [6, 6.07) is 0. The molecule has 0 radical (unpaired) electrons. The first kappa shape index (κ1) is 12.4. The van der Waals surface area contributed by atoms with Gasteiger partial charge in [0.15, 0.2) is 0 Å². The van der Waals surface area contributed by atoms with Crippen LogP contribution in [0.1, 0.15) is 33.6 Å². The van der Waals surface area contributed by atoms with Crippen molar-refractivity contribution in [2.75, 3.05) is 13.2 Å². The smallest absolute Gasteiger partial charge is 0.0925 e. The largest absolute Gasteiger partial charge is 0.549 e. The molecule has 4 nitrogen and oxygen atoms in total. The molecule has 13 heavy (non-hydrogen) atoms. The molecule has 0 spiro atoms. The topological polar surface area (TPSA) is 58.6 Å². The summed E-state index contributed by atoms with van der Waals surface area (Å²) in [4.78, 5) is 20.0. The summed E-state index contributed by atoms with van der Waals surface area (Å²) < 4.78 is 0. The summed E-state index contributed by atoms with van der Waals surface area (Å²) in [7, 11) is 0. The van der Waals surface area contributed by atoms with E-state index in [2.05, 4.69) is 0 Å². The van der Waals surface area contributed by atoms with Crippen molar-refractivity contribution in [2.45, 2.75) is 33.6 Å². The van der Waals surface area contributed by atoms with Gasteiger partial charge in [0.05, 0.1) is 13.2 Å². The summed E-state index contributed by atoms with van der Waals surface area (Å²) in [5, 5.41) is 10.5. The molecule has 0 amide bonds. The summed E-state index contributed by atoms with van der Waals surface area (Å²) in [6.07, 6.45) is 1.93. The average molecular weight is 189 g/mol. The van der Waals surface area contributed by atoms with Crippen molar-refractivity contribution < 1.29 is 19.7 Å². The van der Waals surface area contributed by atoms with Gasteiger partial charge in [-0.15, -0.1) is 0 Å². The molecule has 0 N–H and O–H groups in total. The van der Waals surface area contributed by atoms with Gasteiger partial charge in [0.1, 0.15) is 0 Å². The number of carbonyl (C=O) groups is 1. The van der Waals surface area contributed by atoms with Crippen molar-refractivity contribution >= 4 is 5.97 Å². The number of carboxylic acids is 1. The van der Waals surface area contributed by atoms with Crippen LogP contribution in [0.15, 0.2) is 0 Å². The molecular formula is C9H17O4-. The molecule has 0 aliphatic carbocycles. The molecule has 0 aromatic carbocycles. The van der Waals surface area contributed by atoms with Crippen LogP contribution >= 0.6 is 0 Å². The highest BCUT2D eigenvalue weighted by Gasteiger charge is 2.20. The van der Waals surface area contributed by atoms with E-state index < -0.39 is 11.4 Å². The Kier molecular flexibility index (Phi) is 5.66. The van der Waals surface area contributed by atoms with Crippen LogP contribution in [-0.2, 0) is 14.6 Å². The van der Waals surface area contributed by atoms with Crippen LogP contribution in [0.25, 0.3) is 0 Å². The monoisotopic (exact) mass is 189 g/mol. The van der Waals surface area contributed by atoms with E-state index in [4.69, 9.17) is 9.78 Å². The van der Waals surface area contributed by atoms with Gasteiger partial charge < -0.3 is 9.90 Å². The molecule has 0 aromatic rings. The Hall–Kier alpha value is -0.610. The Bertz CT molecular complexity index is 154. The molecule has 0 unspecified atom stereocenters. The highest BCUT2D eigenvalue weighted by atomic mass is 17.2. The van der Waals surface area contributed by atoms with Crippen LogP contribution in [0.2, 0.25) is 0 Å². The maximum absolute atomic E-state index is 10.5. The molecule has 78 valence electrons. The molecule has 0 heterocycles. The molecule has 0 aliphatic rings. The van der Waals surface area contributed by atoms with E-state index in [1.165, 1.54) is 13.8 Å². The second kappa shape index (κ2) is 5.94. The number of hydrogen-bond donors (Lipinski definition) is 0. The maximum Gasteiger partial charge on any atom is 0.0925 e. The predicted molar refractivity (Wildman–Crippen MR) is 45.6 cm³/mol. The van der Waals surface area contributed by atoms with Crippen LogP contribution in [0.4, 0.5) is 0 Å². The normalized spacial score (nSPS) is 11.6. The molecule has 0 aliphatic heterocycles. The molecular weight excluding hydrogens is 172 g/mol. The van der Waals surface area contributed by atoms with Gasteiger partial charge in [0.2, 0.25) is 0 Å². The third-order valence-corrected chi connectivity index (χ3v) is 1.64. The number of rotatable bonds is 7. The minimum Gasteiger partial charge on any atom is -0.549 e. The second-order valence-electron chi connectivity index (χ2n) is 3.61. The van der Waals surface area contributed by atoms with Crippen LogP contribution < -0.4 is 5.11 Å². The van der Waals surface area contributed by atoms with Crippen molar-refractivity contribution in [1.82, 2.24) is 0 Å². The van der Waals surface area contributed by atoms with Gasteiger partial charge in [0.25, 0.3) is 0 Å². The fourth-order valence-electron chi connectivity index (χ4n) is 0.510. The highest BCUT2D eigenvalue weighted by Crippen LogP contribution is 2.13. The first-order valence-corrected chi connectivity index (χ1v) is 4.46. The lowest BCUT2D eigenvalue weighted by molar-refractivity contribution is -0.340. The lowest BCUT2D eigenvalue weighted by Crippen LogP contribution is -2.41. The number of carbonyl (C=O) groups excluding carboxylic acids is 1. The maximum atomic E-state index is 10.5. The van der Waals surface area contributed by atoms with E-state index in [1.807, 2.05) is 6.92 Å². The number of carboxylic acid groups (broad SMARTS) is 1. The Morgan fingerprint density at radius 2 is 2.00 bits per heavy atom. The van der Waals surface area contributed by atoms with Crippen molar-refractivity contribution in [3.8, 4) is 0 Å². The van der Waals surface area contributed by atoms with Gasteiger partial charge in [-0.1, -0.05) is 27.2 Å². The van der Waals surface area contributed by atoms with Gasteiger partial charge in [-0.3, -0.25) is 0 Å². The molecule has 0 rings (SSSR count). The van der Waals surface area contributed by atoms with E-state index in [0.717, 1.165) is 12.8 Å². The van der Waals surface area contributed by atoms with Crippen molar-refractivity contribution in [3.63, 3.8) is 0 Å². The zero-order chi connectivity index (χ0) is 10.3. The zero-order valence-electron chi connectivity index (χ0n) is 8.46. The van der Waals surface area contributed by atoms with Crippen molar-refractivity contribution in [1.29, 1.82) is 0 Å². The molecule has 0 fully saturated rings. The highest BCUT2D eigenvalue weighted by molar-refractivity contribution is 5.71.